The molecular formula is C27H35FN4O3S. The van der Waals surface area contributed by atoms with Gasteiger partial charge < -0.3 is 16.0 Å². The maximum Gasteiger partial charge on any atom is 0.250 e. The molecule has 1 aromatic heterocycles. The van der Waals surface area contributed by atoms with Gasteiger partial charge in [0, 0.05) is 36.8 Å². The Morgan fingerprint density at radius 2 is 1.94 bits per heavy atom. The summed E-state index contributed by atoms with van der Waals surface area (Å²) in [5.74, 6) is -0.240. The van der Waals surface area contributed by atoms with E-state index >= 15 is 4.39 Å². The highest BCUT2D eigenvalue weighted by Gasteiger charge is 2.29. The van der Waals surface area contributed by atoms with Gasteiger partial charge in [-0.1, -0.05) is 19.9 Å². The molecule has 0 bridgehead atoms. The molecule has 3 aromatic rings. The van der Waals surface area contributed by atoms with Crippen LogP contribution < -0.4 is 11.1 Å². The molecule has 9 heteroatoms. The molecule has 1 fully saturated rings. The first-order valence-electron chi connectivity index (χ1n) is 12.5. The number of piperidine rings is 1. The zero-order valence-corrected chi connectivity index (χ0v) is 21.9. The number of aromatic amines is 1. The Kier molecular flexibility index (Phi) is 7.82. The quantitative estimate of drug-likeness (QED) is 0.395. The highest BCUT2D eigenvalue weighted by atomic mass is 32.2. The molecule has 194 valence electrons. The number of halogens is 1. The van der Waals surface area contributed by atoms with Crippen LogP contribution in [-0.2, 0) is 16.6 Å². The van der Waals surface area contributed by atoms with Crippen LogP contribution >= 0.6 is 0 Å². The lowest BCUT2D eigenvalue weighted by molar-refractivity contribution is 0.100. The number of aromatic nitrogens is 1. The van der Waals surface area contributed by atoms with Crippen LogP contribution in [0.4, 0.5) is 4.39 Å². The summed E-state index contributed by atoms with van der Waals surface area (Å²) in [6.45, 7) is 8.30. The van der Waals surface area contributed by atoms with Gasteiger partial charge in [0.1, 0.15) is 5.82 Å². The van der Waals surface area contributed by atoms with Crippen molar-refractivity contribution in [1.29, 1.82) is 0 Å². The van der Waals surface area contributed by atoms with Gasteiger partial charge in [0.15, 0.2) is 0 Å². The minimum absolute atomic E-state index is 0.0910. The summed E-state index contributed by atoms with van der Waals surface area (Å²) < 4.78 is 41.1. The largest absolute Gasteiger partial charge is 0.366 e. The van der Waals surface area contributed by atoms with Crippen molar-refractivity contribution < 1.29 is 17.6 Å². The van der Waals surface area contributed by atoms with E-state index in [1.165, 1.54) is 6.07 Å². The molecule has 0 atom stereocenters. The second-order valence-electron chi connectivity index (χ2n) is 9.97. The number of amides is 1. The number of sulfonamides is 1. The van der Waals surface area contributed by atoms with E-state index in [0.29, 0.717) is 60.6 Å². The van der Waals surface area contributed by atoms with Crippen molar-refractivity contribution in [3.05, 3.63) is 59.0 Å². The standard InChI is InChI=1S/C27H35FN4O3S/c1-4-36(34,35)32-9-7-19(8-10-32)24-16-31-26-22(24)12-20(13-23(26)27(29)33)21-11-18(5-6-25(21)28)15-30-14-17(2)3/h5-6,11-13,16-17,19,30-31H,4,7-10,14-15H2,1-3H3,(H2,29,33). The number of nitrogens with one attached hydrogen (secondary N) is 2. The van der Waals surface area contributed by atoms with E-state index in [1.807, 2.05) is 18.3 Å². The van der Waals surface area contributed by atoms with Crippen molar-refractivity contribution in [3.63, 3.8) is 0 Å². The van der Waals surface area contributed by atoms with Crippen molar-refractivity contribution in [3.8, 4) is 11.1 Å². The van der Waals surface area contributed by atoms with Gasteiger partial charge in [-0.25, -0.2) is 17.1 Å². The minimum atomic E-state index is -3.22. The monoisotopic (exact) mass is 514 g/mol. The van der Waals surface area contributed by atoms with E-state index in [2.05, 4.69) is 24.1 Å². The molecule has 2 heterocycles. The third-order valence-electron chi connectivity index (χ3n) is 6.96. The minimum Gasteiger partial charge on any atom is -0.366 e. The molecular weight excluding hydrogens is 479 g/mol. The van der Waals surface area contributed by atoms with Gasteiger partial charge in [-0.3, -0.25) is 4.79 Å². The second-order valence-corrected chi connectivity index (χ2v) is 12.2. The van der Waals surface area contributed by atoms with Gasteiger partial charge in [-0.15, -0.1) is 0 Å². The van der Waals surface area contributed by atoms with Crippen molar-refractivity contribution in [2.75, 3.05) is 25.4 Å². The molecule has 0 unspecified atom stereocenters. The molecule has 0 aliphatic carbocycles. The summed E-state index contributed by atoms with van der Waals surface area (Å²) in [5.41, 5.74) is 9.61. The Labute approximate surface area is 212 Å². The van der Waals surface area contributed by atoms with Gasteiger partial charge in [-0.2, -0.15) is 0 Å². The summed E-state index contributed by atoms with van der Waals surface area (Å²) >= 11 is 0. The molecule has 1 aliphatic heterocycles. The number of fused-ring (bicyclic) bond motifs is 1. The summed E-state index contributed by atoms with van der Waals surface area (Å²) in [5, 5.41) is 4.20. The first kappa shape index (κ1) is 26.3. The fourth-order valence-electron chi connectivity index (χ4n) is 4.98. The molecule has 1 aliphatic rings. The maximum atomic E-state index is 15.0. The molecule has 36 heavy (non-hydrogen) atoms. The molecule has 0 saturated carbocycles. The number of primary amides is 1. The first-order chi connectivity index (χ1) is 17.1. The van der Waals surface area contributed by atoms with Gasteiger partial charge >= 0.3 is 0 Å². The Bertz CT molecular complexity index is 1360. The van der Waals surface area contributed by atoms with Crippen molar-refractivity contribution in [2.24, 2.45) is 11.7 Å². The van der Waals surface area contributed by atoms with Crippen LogP contribution in [0.25, 0.3) is 22.0 Å². The number of hydrogen-bond donors (Lipinski definition) is 3. The average Bonchev–Trinajstić information content (AvgIpc) is 3.28. The number of nitrogens with zero attached hydrogens (tertiary/aromatic N) is 1. The number of benzene rings is 2. The lowest BCUT2D eigenvalue weighted by Gasteiger charge is -2.31. The summed E-state index contributed by atoms with van der Waals surface area (Å²) in [6.07, 6.45) is 3.22. The average molecular weight is 515 g/mol. The van der Waals surface area contributed by atoms with Crippen LogP contribution in [0, 0.1) is 11.7 Å². The Morgan fingerprint density at radius 1 is 1.22 bits per heavy atom. The van der Waals surface area contributed by atoms with E-state index in [-0.39, 0.29) is 17.5 Å². The molecule has 1 saturated heterocycles. The zero-order valence-electron chi connectivity index (χ0n) is 21.1. The summed E-state index contributed by atoms with van der Waals surface area (Å²) in [4.78, 5) is 15.5. The third kappa shape index (κ3) is 5.48. The molecule has 2 aromatic carbocycles. The van der Waals surface area contributed by atoms with Crippen LogP contribution in [-0.4, -0.2) is 49.0 Å². The fourth-order valence-corrected chi connectivity index (χ4v) is 6.11. The van der Waals surface area contributed by atoms with Crippen molar-refractivity contribution in [1.82, 2.24) is 14.6 Å². The topological polar surface area (TPSA) is 108 Å². The van der Waals surface area contributed by atoms with Gasteiger partial charge in [0.05, 0.1) is 16.8 Å². The molecule has 1 amide bonds. The lowest BCUT2D eigenvalue weighted by Crippen LogP contribution is -2.38. The molecule has 7 nitrogen and oxygen atoms in total. The number of hydrogen-bond acceptors (Lipinski definition) is 4. The van der Waals surface area contributed by atoms with Crippen LogP contribution in [0.5, 0.6) is 0 Å². The van der Waals surface area contributed by atoms with Crippen LogP contribution in [0.3, 0.4) is 0 Å². The van der Waals surface area contributed by atoms with Gasteiger partial charge in [0.2, 0.25) is 10.0 Å². The fraction of sp³-hybridized carbons (Fsp3) is 0.444. The van der Waals surface area contributed by atoms with Gasteiger partial charge in [-0.05, 0) is 79.1 Å². The van der Waals surface area contributed by atoms with Crippen LogP contribution in [0.2, 0.25) is 0 Å². The first-order valence-corrected chi connectivity index (χ1v) is 14.1. The summed E-state index contributed by atoms with van der Waals surface area (Å²) in [7, 11) is -3.22. The number of nitrogens with two attached hydrogens (primary N) is 1. The number of rotatable bonds is 9. The van der Waals surface area contributed by atoms with E-state index in [0.717, 1.165) is 23.1 Å². The molecule has 0 spiro atoms. The molecule has 4 rings (SSSR count). The number of carbonyl (C=O) groups excluding carboxylic acids is 1. The normalized spacial score (nSPS) is 15.7. The zero-order chi connectivity index (χ0) is 26.0. The van der Waals surface area contributed by atoms with Crippen molar-refractivity contribution >= 4 is 26.8 Å². The Hall–Kier alpha value is -2.75. The molecule has 0 radical (unpaired) electrons. The van der Waals surface area contributed by atoms with E-state index in [4.69, 9.17) is 5.73 Å². The Balaban J connectivity index is 1.70. The third-order valence-corrected chi connectivity index (χ3v) is 8.84. The lowest BCUT2D eigenvalue weighted by atomic mass is 9.88. The predicted molar refractivity (Wildman–Crippen MR) is 142 cm³/mol. The van der Waals surface area contributed by atoms with E-state index < -0.39 is 15.9 Å². The summed E-state index contributed by atoms with van der Waals surface area (Å²) in [6, 6.07) is 8.59. The van der Waals surface area contributed by atoms with Crippen molar-refractivity contribution in [2.45, 2.75) is 46.1 Å². The van der Waals surface area contributed by atoms with E-state index in [1.54, 1.807) is 23.4 Å². The van der Waals surface area contributed by atoms with Crippen LogP contribution in [0.1, 0.15) is 61.0 Å². The highest BCUT2D eigenvalue weighted by Crippen LogP contribution is 2.37. The maximum absolute atomic E-state index is 15.0. The van der Waals surface area contributed by atoms with Crippen LogP contribution in [0.15, 0.2) is 36.5 Å². The smallest absolute Gasteiger partial charge is 0.250 e. The van der Waals surface area contributed by atoms with E-state index in [9.17, 15) is 13.2 Å². The predicted octanol–water partition coefficient (Wildman–Crippen LogP) is 4.35. The van der Waals surface area contributed by atoms with Gasteiger partial charge in [0.25, 0.3) is 5.91 Å². The second kappa shape index (κ2) is 10.7. The number of carbonyl (C=O) groups is 1. The molecule has 4 N–H and O–H groups in total. The number of H-pyrrole nitrogens is 1. The SMILES string of the molecule is CCS(=O)(=O)N1CCC(c2c[nH]c3c(C(N)=O)cc(-c4cc(CNCC(C)C)ccc4F)cc23)CC1. The Morgan fingerprint density at radius 3 is 2.58 bits per heavy atom. The highest BCUT2D eigenvalue weighted by molar-refractivity contribution is 7.89.